The number of rotatable bonds is 7. The van der Waals surface area contributed by atoms with E-state index < -0.39 is 5.97 Å². The second-order valence-electron chi connectivity index (χ2n) is 3.42. The first kappa shape index (κ1) is 15.5. The Morgan fingerprint density at radius 2 is 1.77 bits per heavy atom. The molecule has 0 aromatic rings. The Morgan fingerprint density at radius 1 is 1.23 bits per heavy atom. The van der Waals surface area contributed by atoms with Crippen LogP contribution in [0.4, 0.5) is 0 Å². The first-order chi connectivity index (χ1) is 5.68. The van der Waals surface area contributed by atoms with Crippen molar-refractivity contribution in [2.24, 2.45) is 5.92 Å². The first-order valence-electron chi connectivity index (χ1n) is 4.89. The molecule has 0 heterocycles. The van der Waals surface area contributed by atoms with Crippen LogP contribution >= 0.6 is 0 Å². The first-order valence-corrected chi connectivity index (χ1v) is 4.89. The molecule has 0 aromatic heterocycles. The van der Waals surface area contributed by atoms with E-state index in [9.17, 15) is 9.90 Å². The minimum atomic E-state index is -0.912. The number of carbonyl (C=O) groups excluding carboxylic acids is 1. The number of hydrogen-bond acceptors (Lipinski definition) is 2. The predicted molar refractivity (Wildman–Crippen MR) is 47.5 cm³/mol. The van der Waals surface area contributed by atoms with Gasteiger partial charge in [-0.2, -0.15) is 0 Å². The monoisotopic (exact) mass is 234 g/mol. The normalized spacial score (nSPS) is 11.8. The van der Waals surface area contributed by atoms with Gasteiger partial charge in [-0.3, -0.25) is 0 Å². The number of aliphatic carboxylic acids is 1. The van der Waals surface area contributed by atoms with E-state index in [0.717, 1.165) is 19.3 Å². The molecule has 0 aromatic carbocycles. The number of carbonyl (C=O) groups is 1. The van der Waals surface area contributed by atoms with Crippen LogP contribution < -0.4 is 5.11 Å². The quantitative estimate of drug-likeness (QED) is 0.497. The molecule has 0 saturated heterocycles. The van der Waals surface area contributed by atoms with Crippen LogP contribution in [0.2, 0.25) is 0 Å². The van der Waals surface area contributed by atoms with Crippen LogP contribution in [-0.4, -0.2) is 5.97 Å². The molecule has 3 heteroatoms. The summed E-state index contributed by atoms with van der Waals surface area (Å²) in [5.74, 6) is -1.18. The largest absolute Gasteiger partial charge is 1.00 e. The Bertz CT molecular complexity index is 126. The van der Waals surface area contributed by atoms with Gasteiger partial charge < -0.3 is 9.90 Å². The third kappa shape index (κ3) is 9.91. The second kappa shape index (κ2) is 10.1. The summed E-state index contributed by atoms with van der Waals surface area (Å²) in [6.45, 7) is 3.89. The third-order valence-corrected chi connectivity index (χ3v) is 2.14. The maximum atomic E-state index is 10.3. The molecule has 2 nitrogen and oxygen atoms in total. The molecule has 13 heavy (non-hydrogen) atoms. The fourth-order valence-corrected chi connectivity index (χ4v) is 1.17. The third-order valence-electron chi connectivity index (χ3n) is 2.14. The van der Waals surface area contributed by atoms with E-state index in [-0.39, 0.29) is 23.0 Å². The summed E-state index contributed by atoms with van der Waals surface area (Å²) in [7, 11) is 0. The summed E-state index contributed by atoms with van der Waals surface area (Å²) >= 11 is 0. The SMILES string of the molecule is CCCCCCCC(C)C(=O)[O-].[Cu+]. The van der Waals surface area contributed by atoms with E-state index >= 15 is 0 Å². The molecule has 0 aliphatic rings. The number of unbranched alkanes of at least 4 members (excludes halogenated alkanes) is 4. The minimum absolute atomic E-state index is 0. The van der Waals surface area contributed by atoms with Crippen molar-refractivity contribution >= 4 is 5.97 Å². The Hall–Kier alpha value is -0.0105. The molecule has 0 N–H and O–H groups in total. The predicted octanol–water partition coefficient (Wildman–Crippen LogP) is 1.73. The molecule has 0 radical (unpaired) electrons. The topological polar surface area (TPSA) is 40.1 Å². The molecule has 82 valence electrons. The number of carboxylic acid groups (broad SMARTS) is 1. The van der Waals surface area contributed by atoms with Crippen molar-refractivity contribution in [1.29, 1.82) is 0 Å². The van der Waals surface area contributed by atoms with Gasteiger partial charge in [0.2, 0.25) is 0 Å². The van der Waals surface area contributed by atoms with Crippen LogP contribution in [0.1, 0.15) is 52.4 Å². The van der Waals surface area contributed by atoms with Crippen molar-refractivity contribution in [3.63, 3.8) is 0 Å². The molecule has 1 unspecified atom stereocenters. The summed E-state index contributed by atoms with van der Waals surface area (Å²) in [6, 6.07) is 0. The van der Waals surface area contributed by atoms with Crippen LogP contribution in [-0.2, 0) is 21.9 Å². The van der Waals surface area contributed by atoms with Crippen LogP contribution in [0.15, 0.2) is 0 Å². The summed E-state index contributed by atoms with van der Waals surface area (Å²) in [5.41, 5.74) is 0. The zero-order chi connectivity index (χ0) is 9.40. The van der Waals surface area contributed by atoms with E-state index in [1.54, 1.807) is 6.92 Å². The van der Waals surface area contributed by atoms with Crippen LogP contribution in [0.25, 0.3) is 0 Å². The summed E-state index contributed by atoms with van der Waals surface area (Å²) in [5, 5.41) is 10.3. The van der Waals surface area contributed by atoms with Crippen molar-refractivity contribution in [1.82, 2.24) is 0 Å². The smallest absolute Gasteiger partial charge is 0.550 e. The Labute approximate surface area is 91.6 Å². The molecule has 1 atom stereocenters. The standard InChI is InChI=1S/C10H20O2.Cu/c1-3-4-5-6-7-8-9(2)10(11)12;/h9H,3-8H2,1-2H3,(H,11,12);/q;+1/p-1. The average Bonchev–Trinajstić information content (AvgIpc) is 2.03. The fourth-order valence-electron chi connectivity index (χ4n) is 1.17. The van der Waals surface area contributed by atoms with Crippen molar-refractivity contribution in [2.45, 2.75) is 52.4 Å². The van der Waals surface area contributed by atoms with Crippen LogP contribution in [0.3, 0.4) is 0 Å². The Balaban J connectivity index is 0. The Kier molecular flexibility index (Phi) is 12.0. The van der Waals surface area contributed by atoms with Crippen molar-refractivity contribution in [2.75, 3.05) is 0 Å². The molecule has 0 aliphatic heterocycles. The van der Waals surface area contributed by atoms with Crippen LogP contribution in [0.5, 0.6) is 0 Å². The molecule has 0 fully saturated rings. The van der Waals surface area contributed by atoms with Gasteiger partial charge >= 0.3 is 17.1 Å². The number of hydrogen-bond donors (Lipinski definition) is 0. The maximum Gasteiger partial charge on any atom is 1.00 e. The second-order valence-corrected chi connectivity index (χ2v) is 3.42. The molecule has 0 aliphatic carbocycles. The van der Waals surface area contributed by atoms with Gasteiger partial charge in [-0.1, -0.05) is 46.0 Å². The van der Waals surface area contributed by atoms with E-state index in [0.29, 0.717) is 0 Å². The van der Waals surface area contributed by atoms with Crippen LogP contribution in [0, 0.1) is 5.92 Å². The van der Waals surface area contributed by atoms with Gasteiger partial charge in [-0.15, -0.1) is 0 Å². The molecule has 0 rings (SSSR count). The van der Waals surface area contributed by atoms with E-state index in [4.69, 9.17) is 0 Å². The van der Waals surface area contributed by atoms with Gasteiger partial charge in [0, 0.05) is 5.97 Å². The van der Waals surface area contributed by atoms with Crippen molar-refractivity contribution in [3.05, 3.63) is 0 Å². The van der Waals surface area contributed by atoms with Gasteiger partial charge in [0.1, 0.15) is 0 Å². The van der Waals surface area contributed by atoms with Crippen molar-refractivity contribution in [3.8, 4) is 0 Å². The molecule has 0 bridgehead atoms. The van der Waals surface area contributed by atoms with Gasteiger partial charge in [0.15, 0.2) is 0 Å². The van der Waals surface area contributed by atoms with E-state index in [2.05, 4.69) is 6.92 Å². The Morgan fingerprint density at radius 3 is 2.23 bits per heavy atom. The van der Waals surface area contributed by atoms with Gasteiger partial charge in [0.05, 0.1) is 0 Å². The molecular weight excluding hydrogens is 216 g/mol. The molecule has 0 amide bonds. The minimum Gasteiger partial charge on any atom is -0.550 e. The van der Waals surface area contributed by atoms with E-state index in [1.165, 1.54) is 19.3 Å². The molecular formula is C10H19CuO2. The summed E-state index contributed by atoms with van der Waals surface area (Å²) in [6.07, 6.45) is 6.68. The van der Waals surface area contributed by atoms with Gasteiger partial charge in [-0.25, -0.2) is 0 Å². The number of carboxylic acids is 1. The van der Waals surface area contributed by atoms with E-state index in [1.807, 2.05) is 0 Å². The zero-order valence-electron chi connectivity index (χ0n) is 8.44. The van der Waals surface area contributed by atoms with Crippen molar-refractivity contribution < 1.29 is 27.0 Å². The maximum absolute atomic E-state index is 10.3. The fraction of sp³-hybridized carbons (Fsp3) is 0.900. The summed E-state index contributed by atoms with van der Waals surface area (Å²) < 4.78 is 0. The van der Waals surface area contributed by atoms with Gasteiger partial charge in [-0.05, 0) is 12.3 Å². The average molecular weight is 235 g/mol. The van der Waals surface area contributed by atoms with Gasteiger partial charge in [0.25, 0.3) is 0 Å². The zero-order valence-corrected chi connectivity index (χ0v) is 9.38. The molecule has 0 spiro atoms. The summed E-state index contributed by atoms with van der Waals surface area (Å²) in [4.78, 5) is 10.3. The molecule has 0 saturated carbocycles.